The predicted octanol–water partition coefficient (Wildman–Crippen LogP) is 3.01. The first-order valence-corrected chi connectivity index (χ1v) is 6.85. The van der Waals surface area contributed by atoms with Crippen molar-refractivity contribution in [2.24, 2.45) is 5.73 Å². The van der Waals surface area contributed by atoms with E-state index in [2.05, 4.69) is 5.32 Å². The van der Waals surface area contributed by atoms with Crippen LogP contribution in [0.1, 0.15) is 35.7 Å². The van der Waals surface area contributed by atoms with E-state index < -0.39 is 6.04 Å². The smallest absolute Gasteiger partial charge is 0.241 e. The first-order valence-electron chi connectivity index (χ1n) is 6.85. The quantitative estimate of drug-likeness (QED) is 0.907. The van der Waals surface area contributed by atoms with Gasteiger partial charge in [0.2, 0.25) is 5.91 Å². The van der Waals surface area contributed by atoms with Crippen LogP contribution in [0.3, 0.4) is 0 Å². The number of halogens is 1. The Bertz CT molecular complexity index is 625. The lowest BCUT2D eigenvalue weighted by molar-refractivity contribution is -0.123. The fraction of sp³-hybridized carbons (Fsp3) is 0.235. The van der Waals surface area contributed by atoms with Crippen LogP contribution in [-0.2, 0) is 4.79 Å². The molecule has 2 aromatic rings. The zero-order valence-corrected chi connectivity index (χ0v) is 12.1. The molecule has 0 aliphatic carbocycles. The van der Waals surface area contributed by atoms with Gasteiger partial charge >= 0.3 is 0 Å². The number of rotatable bonds is 4. The molecule has 0 spiro atoms. The summed E-state index contributed by atoms with van der Waals surface area (Å²) in [7, 11) is 0. The van der Waals surface area contributed by atoms with Crippen molar-refractivity contribution in [2.75, 3.05) is 0 Å². The van der Waals surface area contributed by atoms with Crippen LogP contribution in [0.15, 0.2) is 48.5 Å². The molecule has 0 heterocycles. The summed E-state index contributed by atoms with van der Waals surface area (Å²) < 4.78 is 13.2. The lowest BCUT2D eigenvalue weighted by Gasteiger charge is -2.18. The summed E-state index contributed by atoms with van der Waals surface area (Å²) in [6.45, 7) is 3.77. The highest BCUT2D eigenvalue weighted by atomic mass is 19.1. The van der Waals surface area contributed by atoms with E-state index in [0.717, 1.165) is 11.1 Å². The van der Waals surface area contributed by atoms with Gasteiger partial charge in [-0.25, -0.2) is 4.39 Å². The Morgan fingerprint density at radius 2 is 1.81 bits per heavy atom. The standard InChI is InChI=1S/C17H19FN2O/c1-11-6-8-13(9-7-11)16(19)17(21)20-12(2)14-4-3-5-15(18)10-14/h3-10,12,16H,19H2,1-2H3,(H,20,21)/t12-,16?/m0/s1. The van der Waals surface area contributed by atoms with Gasteiger partial charge in [0, 0.05) is 0 Å². The molecule has 110 valence electrons. The molecule has 0 saturated heterocycles. The van der Waals surface area contributed by atoms with E-state index >= 15 is 0 Å². The number of nitrogens with one attached hydrogen (secondary N) is 1. The summed E-state index contributed by atoms with van der Waals surface area (Å²) >= 11 is 0. The van der Waals surface area contributed by atoms with Gasteiger partial charge in [-0.05, 0) is 37.1 Å². The number of nitrogens with two attached hydrogens (primary N) is 1. The molecule has 4 heteroatoms. The summed E-state index contributed by atoms with van der Waals surface area (Å²) in [4.78, 5) is 12.2. The Hall–Kier alpha value is -2.20. The maximum atomic E-state index is 13.2. The van der Waals surface area contributed by atoms with E-state index in [1.165, 1.54) is 12.1 Å². The minimum Gasteiger partial charge on any atom is -0.348 e. The van der Waals surface area contributed by atoms with Crippen LogP contribution in [0.2, 0.25) is 0 Å². The number of carbonyl (C=O) groups is 1. The van der Waals surface area contributed by atoms with E-state index in [9.17, 15) is 9.18 Å². The first kappa shape index (κ1) is 15.2. The lowest BCUT2D eigenvalue weighted by Crippen LogP contribution is -2.35. The van der Waals surface area contributed by atoms with Crippen molar-refractivity contribution in [1.29, 1.82) is 0 Å². The third kappa shape index (κ3) is 3.89. The number of benzene rings is 2. The van der Waals surface area contributed by atoms with Crippen LogP contribution in [0.4, 0.5) is 4.39 Å². The van der Waals surface area contributed by atoms with Gasteiger partial charge in [0.25, 0.3) is 0 Å². The van der Waals surface area contributed by atoms with Gasteiger partial charge in [0.05, 0.1) is 6.04 Å². The summed E-state index contributed by atoms with van der Waals surface area (Å²) in [5, 5.41) is 2.81. The van der Waals surface area contributed by atoms with Crippen molar-refractivity contribution in [2.45, 2.75) is 25.9 Å². The van der Waals surface area contributed by atoms with Gasteiger partial charge in [0.15, 0.2) is 0 Å². The minimum absolute atomic E-state index is 0.282. The maximum Gasteiger partial charge on any atom is 0.241 e. The molecule has 3 nitrogen and oxygen atoms in total. The number of hydrogen-bond donors (Lipinski definition) is 2. The fourth-order valence-corrected chi connectivity index (χ4v) is 2.09. The number of aryl methyl sites for hydroxylation is 1. The number of hydrogen-bond acceptors (Lipinski definition) is 2. The molecule has 0 radical (unpaired) electrons. The van der Waals surface area contributed by atoms with Crippen LogP contribution in [-0.4, -0.2) is 5.91 Å². The third-order valence-corrected chi connectivity index (χ3v) is 3.43. The van der Waals surface area contributed by atoms with Gasteiger partial charge in [0.1, 0.15) is 11.9 Å². The molecule has 2 rings (SSSR count). The van der Waals surface area contributed by atoms with Gasteiger partial charge in [-0.2, -0.15) is 0 Å². The molecular formula is C17H19FN2O. The van der Waals surface area contributed by atoms with Crippen LogP contribution in [0.25, 0.3) is 0 Å². The van der Waals surface area contributed by atoms with E-state index in [-0.39, 0.29) is 17.8 Å². The third-order valence-electron chi connectivity index (χ3n) is 3.43. The Balaban J connectivity index is 2.05. The normalized spacial score (nSPS) is 13.5. The summed E-state index contributed by atoms with van der Waals surface area (Å²) in [5.41, 5.74) is 8.53. The van der Waals surface area contributed by atoms with Gasteiger partial charge in [-0.3, -0.25) is 4.79 Å². The van der Waals surface area contributed by atoms with Crippen molar-refractivity contribution in [1.82, 2.24) is 5.32 Å². The average Bonchev–Trinajstić information content (AvgIpc) is 2.47. The van der Waals surface area contributed by atoms with E-state index in [0.29, 0.717) is 5.56 Å². The van der Waals surface area contributed by atoms with Gasteiger partial charge in [-0.1, -0.05) is 42.0 Å². The Labute approximate surface area is 124 Å². The van der Waals surface area contributed by atoms with Crippen molar-refractivity contribution in [3.05, 3.63) is 71.0 Å². The van der Waals surface area contributed by atoms with E-state index in [4.69, 9.17) is 5.73 Å². The number of carbonyl (C=O) groups excluding carboxylic acids is 1. The molecule has 3 N–H and O–H groups in total. The topological polar surface area (TPSA) is 55.1 Å². The second-order valence-electron chi connectivity index (χ2n) is 5.17. The fourth-order valence-electron chi connectivity index (χ4n) is 2.09. The second kappa shape index (κ2) is 6.50. The monoisotopic (exact) mass is 286 g/mol. The van der Waals surface area contributed by atoms with E-state index in [1.807, 2.05) is 31.2 Å². The zero-order chi connectivity index (χ0) is 15.4. The molecule has 0 aliphatic rings. The SMILES string of the molecule is Cc1ccc(C(N)C(=O)N[C@@H](C)c2cccc(F)c2)cc1. The maximum absolute atomic E-state index is 13.2. The molecule has 21 heavy (non-hydrogen) atoms. The molecule has 1 amide bonds. The molecule has 0 aromatic heterocycles. The molecule has 0 bridgehead atoms. The second-order valence-corrected chi connectivity index (χ2v) is 5.17. The molecule has 0 saturated carbocycles. The highest BCUT2D eigenvalue weighted by molar-refractivity contribution is 5.83. The highest BCUT2D eigenvalue weighted by Gasteiger charge is 2.18. The predicted molar refractivity (Wildman–Crippen MR) is 81.1 cm³/mol. The van der Waals surface area contributed by atoms with Crippen molar-refractivity contribution < 1.29 is 9.18 Å². The van der Waals surface area contributed by atoms with Crippen LogP contribution < -0.4 is 11.1 Å². The summed E-state index contributed by atoms with van der Waals surface area (Å²) in [5.74, 6) is -0.605. The average molecular weight is 286 g/mol. The molecule has 1 unspecified atom stereocenters. The highest BCUT2D eigenvalue weighted by Crippen LogP contribution is 2.16. The molecule has 2 atom stereocenters. The Morgan fingerprint density at radius 3 is 2.43 bits per heavy atom. The largest absolute Gasteiger partial charge is 0.348 e. The first-order chi connectivity index (χ1) is 9.97. The molecule has 0 fully saturated rings. The van der Waals surface area contributed by atoms with Crippen molar-refractivity contribution in [3.63, 3.8) is 0 Å². The minimum atomic E-state index is -0.735. The summed E-state index contributed by atoms with van der Waals surface area (Å²) in [6, 6.07) is 12.6. The van der Waals surface area contributed by atoms with Crippen molar-refractivity contribution >= 4 is 5.91 Å². The molecular weight excluding hydrogens is 267 g/mol. The number of amides is 1. The van der Waals surface area contributed by atoms with Crippen molar-refractivity contribution in [3.8, 4) is 0 Å². The Morgan fingerprint density at radius 1 is 1.14 bits per heavy atom. The zero-order valence-electron chi connectivity index (χ0n) is 12.1. The van der Waals surface area contributed by atoms with Crippen LogP contribution >= 0.6 is 0 Å². The van der Waals surface area contributed by atoms with Gasteiger partial charge < -0.3 is 11.1 Å². The molecule has 0 aliphatic heterocycles. The van der Waals surface area contributed by atoms with Gasteiger partial charge in [-0.15, -0.1) is 0 Å². The lowest BCUT2D eigenvalue weighted by atomic mass is 10.0. The van der Waals surface area contributed by atoms with Crippen LogP contribution in [0.5, 0.6) is 0 Å². The summed E-state index contributed by atoms with van der Waals surface area (Å²) in [6.07, 6.45) is 0. The molecule has 2 aromatic carbocycles. The van der Waals surface area contributed by atoms with E-state index in [1.54, 1.807) is 19.1 Å². The Kier molecular flexibility index (Phi) is 4.70. The van der Waals surface area contributed by atoms with Crippen LogP contribution in [0, 0.1) is 12.7 Å².